The quantitative estimate of drug-likeness (QED) is 0.164. The van der Waals surface area contributed by atoms with Crippen molar-refractivity contribution in [1.82, 2.24) is 9.88 Å². The van der Waals surface area contributed by atoms with E-state index in [0.717, 1.165) is 40.8 Å². The Morgan fingerprint density at radius 1 is 1.00 bits per heavy atom. The maximum absolute atomic E-state index is 15.0. The largest absolute Gasteiger partial charge is 0.489 e. The number of methoxy groups -OCH3 is 1. The van der Waals surface area contributed by atoms with Crippen molar-refractivity contribution in [3.05, 3.63) is 77.2 Å². The van der Waals surface area contributed by atoms with E-state index in [1.165, 1.54) is 20.4 Å². The summed E-state index contributed by atoms with van der Waals surface area (Å²) in [4.78, 5) is 6.40. The van der Waals surface area contributed by atoms with Gasteiger partial charge in [-0.15, -0.1) is 0 Å². The maximum atomic E-state index is 15.0. The highest BCUT2D eigenvalue weighted by Crippen LogP contribution is 2.47. The van der Waals surface area contributed by atoms with Gasteiger partial charge < -0.3 is 18.5 Å². The lowest BCUT2D eigenvalue weighted by atomic mass is 9.89. The number of rotatable bonds is 15. The number of halogens is 1. The SMILES string of the molecule is COc1cc(-c2ccc(COc3cccc(C(C4CC4)C(C)O[PH](=O)OC)c3)cc2CN(C(C)C)C(C)C)c(F)cn1. The first-order valence-corrected chi connectivity index (χ1v) is 15.9. The molecule has 0 spiro atoms. The Hall–Kier alpha value is -2.77. The van der Waals surface area contributed by atoms with E-state index in [1.807, 2.05) is 31.2 Å². The Labute approximate surface area is 250 Å². The molecule has 3 unspecified atom stereocenters. The Morgan fingerprint density at radius 2 is 1.74 bits per heavy atom. The summed E-state index contributed by atoms with van der Waals surface area (Å²) >= 11 is 0. The van der Waals surface area contributed by atoms with Crippen molar-refractivity contribution in [2.75, 3.05) is 14.2 Å². The second-order valence-electron chi connectivity index (χ2n) is 11.6. The summed E-state index contributed by atoms with van der Waals surface area (Å²) in [5.41, 5.74) is 4.37. The van der Waals surface area contributed by atoms with Crippen LogP contribution < -0.4 is 9.47 Å². The predicted octanol–water partition coefficient (Wildman–Crippen LogP) is 8.03. The summed E-state index contributed by atoms with van der Waals surface area (Å²) in [7, 11) is 0.419. The molecule has 2 aromatic carbocycles. The van der Waals surface area contributed by atoms with Crippen LogP contribution in [-0.4, -0.2) is 42.3 Å². The number of benzene rings is 2. The minimum absolute atomic E-state index is 0.119. The summed E-state index contributed by atoms with van der Waals surface area (Å²) in [6.07, 6.45) is 3.23. The van der Waals surface area contributed by atoms with E-state index in [1.54, 1.807) is 6.07 Å². The summed E-state index contributed by atoms with van der Waals surface area (Å²) in [5.74, 6) is 1.35. The van der Waals surface area contributed by atoms with Crippen LogP contribution in [0.3, 0.4) is 0 Å². The van der Waals surface area contributed by atoms with Gasteiger partial charge in [0.2, 0.25) is 5.88 Å². The van der Waals surface area contributed by atoms with Gasteiger partial charge in [0.25, 0.3) is 0 Å². The molecular weight excluding hydrogens is 554 g/mol. The number of nitrogens with zero attached hydrogens (tertiary/aromatic N) is 2. The first-order chi connectivity index (χ1) is 20.1. The van der Waals surface area contributed by atoms with E-state index >= 15 is 4.39 Å². The van der Waals surface area contributed by atoms with Crippen LogP contribution in [-0.2, 0) is 26.8 Å². The third-order valence-corrected chi connectivity index (χ3v) is 8.81. The molecule has 0 radical (unpaired) electrons. The Morgan fingerprint density at radius 3 is 2.38 bits per heavy atom. The Balaban J connectivity index is 1.59. The third kappa shape index (κ3) is 8.19. The molecule has 0 aliphatic heterocycles. The Bertz CT molecular complexity index is 1360. The molecule has 228 valence electrons. The van der Waals surface area contributed by atoms with Gasteiger partial charge in [-0.1, -0.05) is 30.3 Å². The molecule has 0 amide bonds. The minimum atomic E-state index is -2.51. The van der Waals surface area contributed by atoms with E-state index in [0.29, 0.717) is 42.6 Å². The Kier molecular flexibility index (Phi) is 11.2. The van der Waals surface area contributed by atoms with Crippen LogP contribution in [0.2, 0.25) is 0 Å². The molecule has 3 atom stereocenters. The van der Waals surface area contributed by atoms with Gasteiger partial charge in [0.15, 0.2) is 0 Å². The monoisotopic (exact) mass is 598 g/mol. The van der Waals surface area contributed by atoms with Gasteiger partial charge in [-0.2, -0.15) is 0 Å². The van der Waals surface area contributed by atoms with E-state index < -0.39 is 14.1 Å². The first kappa shape index (κ1) is 32.2. The van der Waals surface area contributed by atoms with Crippen molar-refractivity contribution in [3.8, 4) is 22.8 Å². The summed E-state index contributed by atoms with van der Waals surface area (Å²) in [5, 5.41) is 0. The zero-order valence-corrected chi connectivity index (χ0v) is 26.7. The first-order valence-electron chi connectivity index (χ1n) is 14.7. The lowest BCUT2D eigenvalue weighted by Gasteiger charge is -2.31. The molecule has 1 aliphatic rings. The molecule has 0 N–H and O–H groups in total. The van der Waals surface area contributed by atoms with Gasteiger partial charge in [-0.05, 0) is 87.8 Å². The molecule has 1 aliphatic carbocycles. The molecule has 4 rings (SSSR count). The number of hydrogen-bond donors (Lipinski definition) is 0. The fourth-order valence-electron chi connectivity index (χ4n) is 5.66. The van der Waals surface area contributed by atoms with E-state index in [4.69, 9.17) is 18.5 Å². The molecule has 0 bridgehead atoms. The highest BCUT2D eigenvalue weighted by molar-refractivity contribution is 7.33. The normalized spacial score (nSPS) is 15.7. The summed E-state index contributed by atoms with van der Waals surface area (Å²) < 4.78 is 49.1. The molecule has 1 saturated carbocycles. The molecule has 0 saturated heterocycles. The van der Waals surface area contributed by atoms with Crippen molar-refractivity contribution in [2.45, 2.75) is 84.7 Å². The summed E-state index contributed by atoms with van der Waals surface area (Å²) in [6, 6.07) is 16.4. The molecule has 7 nitrogen and oxygen atoms in total. The standard InChI is InChI=1S/C33H44FN2O5P/c1-21(2)36(22(3)4)19-27-15-24(11-14-29(27)30-17-32(38-6)35-18-31(30)34)20-40-28-10-8-9-26(16-28)33(25-12-13-25)23(5)41-42(37)39-7/h8-11,14-18,21-23,25,33,42H,12-13,19-20H2,1-7H3. The van der Waals surface area contributed by atoms with Crippen LogP contribution in [0.4, 0.5) is 4.39 Å². The van der Waals surface area contributed by atoms with Gasteiger partial charge >= 0.3 is 8.25 Å². The van der Waals surface area contributed by atoms with Gasteiger partial charge in [-0.25, -0.2) is 9.37 Å². The molecule has 1 fully saturated rings. The number of hydrogen-bond acceptors (Lipinski definition) is 7. The molecule has 1 aromatic heterocycles. The van der Waals surface area contributed by atoms with Crippen LogP contribution in [0.1, 0.15) is 70.1 Å². The molecule has 3 aromatic rings. The minimum Gasteiger partial charge on any atom is -0.489 e. The fraction of sp³-hybridized carbons (Fsp3) is 0.485. The summed E-state index contributed by atoms with van der Waals surface area (Å²) in [6.45, 7) is 11.7. The van der Waals surface area contributed by atoms with Gasteiger partial charge in [0.1, 0.15) is 18.2 Å². The van der Waals surface area contributed by atoms with Gasteiger partial charge in [-0.3, -0.25) is 9.46 Å². The van der Waals surface area contributed by atoms with E-state index in [2.05, 4.69) is 55.8 Å². The van der Waals surface area contributed by atoms with Crippen molar-refractivity contribution in [3.63, 3.8) is 0 Å². The van der Waals surface area contributed by atoms with Crippen molar-refractivity contribution >= 4 is 8.25 Å². The van der Waals surface area contributed by atoms with Crippen LogP contribution >= 0.6 is 8.25 Å². The number of ether oxygens (including phenoxy) is 2. The van der Waals surface area contributed by atoms with E-state index in [-0.39, 0.29) is 12.0 Å². The zero-order valence-electron chi connectivity index (χ0n) is 25.7. The molecular formula is C33H44FN2O5P. The predicted molar refractivity (Wildman–Crippen MR) is 165 cm³/mol. The topological polar surface area (TPSA) is 70.1 Å². The average Bonchev–Trinajstić information content (AvgIpc) is 3.80. The van der Waals surface area contributed by atoms with Crippen molar-refractivity contribution in [1.29, 1.82) is 0 Å². The molecule has 1 heterocycles. The highest BCUT2D eigenvalue weighted by atomic mass is 31.1. The van der Waals surface area contributed by atoms with Gasteiger partial charge in [0, 0.05) is 43.3 Å². The van der Waals surface area contributed by atoms with Crippen LogP contribution in [0.15, 0.2) is 54.7 Å². The molecule has 42 heavy (non-hydrogen) atoms. The van der Waals surface area contributed by atoms with Crippen LogP contribution in [0.25, 0.3) is 11.1 Å². The van der Waals surface area contributed by atoms with Crippen molar-refractivity contribution < 1.29 is 27.5 Å². The average molecular weight is 599 g/mol. The number of aromatic nitrogens is 1. The third-order valence-electron chi connectivity index (χ3n) is 7.91. The highest BCUT2D eigenvalue weighted by Gasteiger charge is 2.37. The second-order valence-corrected chi connectivity index (χ2v) is 12.7. The van der Waals surface area contributed by atoms with Crippen molar-refractivity contribution in [2.24, 2.45) is 5.92 Å². The zero-order chi connectivity index (χ0) is 30.4. The maximum Gasteiger partial charge on any atom is 0.319 e. The van der Waals surface area contributed by atoms with E-state index in [9.17, 15) is 4.57 Å². The second kappa shape index (κ2) is 14.6. The fourth-order valence-corrected chi connectivity index (χ4v) is 6.21. The lowest BCUT2D eigenvalue weighted by Crippen LogP contribution is -2.36. The van der Waals surface area contributed by atoms with Crippen LogP contribution in [0.5, 0.6) is 11.6 Å². The number of pyridine rings is 1. The smallest absolute Gasteiger partial charge is 0.319 e. The van der Waals surface area contributed by atoms with Crippen LogP contribution in [0, 0.1) is 11.7 Å². The van der Waals surface area contributed by atoms with Gasteiger partial charge in [0.05, 0.1) is 19.4 Å². The molecule has 9 heteroatoms. The lowest BCUT2D eigenvalue weighted by molar-refractivity contribution is 0.157.